The van der Waals surface area contributed by atoms with Crippen LogP contribution in [0.3, 0.4) is 0 Å². The number of ether oxygens (including phenoxy) is 1. The van der Waals surface area contributed by atoms with Gasteiger partial charge in [0.05, 0.1) is 18.8 Å². The highest BCUT2D eigenvalue weighted by molar-refractivity contribution is 5.32. The van der Waals surface area contributed by atoms with Crippen LogP contribution < -0.4 is 0 Å². The molecule has 2 aliphatic carbocycles. The van der Waals surface area contributed by atoms with Crippen LogP contribution in [0.4, 0.5) is 0 Å². The van der Waals surface area contributed by atoms with Crippen LogP contribution in [0.15, 0.2) is 47.2 Å². The zero-order valence-electron chi connectivity index (χ0n) is 13.1. The molecule has 0 bridgehead atoms. The Morgan fingerprint density at radius 3 is 2.64 bits per heavy atom. The van der Waals surface area contributed by atoms with Crippen LogP contribution in [0.1, 0.15) is 38.5 Å². The van der Waals surface area contributed by atoms with Crippen molar-refractivity contribution >= 4 is 0 Å². The number of nitriles is 1. The van der Waals surface area contributed by atoms with E-state index in [9.17, 15) is 0 Å². The number of allylic oxidation sites excluding steroid dienone is 7. The van der Waals surface area contributed by atoms with Gasteiger partial charge in [-0.05, 0) is 56.3 Å². The van der Waals surface area contributed by atoms with Crippen LogP contribution in [0.5, 0.6) is 0 Å². The Balaban J connectivity index is 1.44. The minimum atomic E-state index is 0.400. The van der Waals surface area contributed by atoms with Gasteiger partial charge in [-0.2, -0.15) is 5.26 Å². The lowest BCUT2D eigenvalue weighted by molar-refractivity contribution is 0.0246. The van der Waals surface area contributed by atoms with Gasteiger partial charge in [0.2, 0.25) is 0 Å². The lowest BCUT2D eigenvalue weighted by atomic mass is 10.00. The van der Waals surface area contributed by atoms with Gasteiger partial charge in [0, 0.05) is 24.4 Å². The Morgan fingerprint density at radius 2 is 2.00 bits per heavy atom. The molecule has 116 valence electrons. The summed E-state index contributed by atoms with van der Waals surface area (Å²) in [4.78, 5) is 2.47. The Labute approximate surface area is 133 Å². The number of nitrogens with zero attached hydrogens (tertiary/aromatic N) is 2. The first kappa shape index (κ1) is 15.1. The maximum atomic E-state index is 8.90. The molecule has 3 heteroatoms. The van der Waals surface area contributed by atoms with E-state index in [4.69, 9.17) is 10.00 Å². The largest absolute Gasteiger partial charge is 0.375 e. The molecule has 1 aliphatic heterocycles. The number of rotatable bonds is 4. The fourth-order valence-electron chi connectivity index (χ4n) is 3.29. The van der Waals surface area contributed by atoms with Gasteiger partial charge in [-0.25, -0.2) is 0 Å². The average molecular weight is 296 g/mol. The zero-order chi connectivity index (χ0) is 15.2. The molecule has 0 aromatic rings. The Bertz CT molecular complexity index is 554. The van der Waals surface area contributed by atoms with E-state index in [1.807, 2.05) is 6.08 Å². The van der Waals surface area contributed by atoms with Gasteiger partial charge in [-0.1, -0.05) is 18.2 Å². The Kier molecular flexibility index (Phi) is 5.13. The second-order valence-electron chi connectivity index (χ2n) is 6.25. The van der Waals surface area contributed by atoms with E-state index >= 15 is 0 Å². The van der Waals surface area contributed by atoms with Crippen LogP contribution in [0, 0.1) is 11.3 Å². The normalized spacial score (nSPS) is 22.7. The summed E-state index contributed by atoms with van der Waals surface area (Å²) in [6.07, 6.45) is 17.5. The van der Waals surface area contributed by atoms with Crippen molar-refractivity contribution < 1.29 is 4.74 Å². The second kappa shape index (κ2) is 7.47. The molecule has 3 aliphatic rings. The van der Waals surface area contributed by atoms with Crippen molar-refractivity contribution in [2.75, 3.05) is 19.7 Å². The highest BCUT2D eigenvalue weighted by Gasteiger charge is 2.22. The number of likely N-dealkylation sites (tertiary alicyclic amines) is 1. The molecule has 0 aromatic carbocycles. The first-order valence-corrected chi connectivity index (χ1v) is 8.36. The van der Waals surface area contributed by atoms with Gasteiger partial charge in [-0.3, -0.25) is 0 Å². The molecule has 1 heterocycles. The number of hydrogen-bond donors (Lipinski definition) is 0. The van der Waals surface area contributed by atoms with Crippen LogP contribution in [-0.4, -0.2) is 30.7 Å². The standard InChI is InChI=1S/C19H24N2O/c20-14-16-6-8-18(9-7-16)21-12-10-19(11-13-21)22-15-17-4-2-1-3-5-17/h1-2,4,6,8,19H,3,5,7,9-13,15H2. The third kappa shape index (κ3) is 3.90. The van der Waals surface area contributed by atoms with Crippen molar-refractivity contribution in [3.8, 4) is 6.07 Å². The molecule has 0 saturated carbocycles. The van der Waals surface area contributed by atoms with E-state index in [-0.39, 0.29) is 0 Å². The van der Waals surface area contributed by atoms with Gasteiger partial charge >= 0.3 is 0 Å². The maximum Gasteiger partial charge on any atom is 0.0947 e. The molecule has 0 N–H and O–H groups in total. The highest BCUT2D eigenvalue weighted by Crippen LogP contribution is 2.25. The average Bonchev–Trinajstić information content (AvgIpc) is 2.61. The molecule has 0 atom stereocenters. The predicted molar refractivity (Wildman–Crippen MR) is 88.0 cm³/mol. The molecule has 0 spiro atoms. The molecule has 3 nitrogen and oxygen atoms in total. The molecule has 0 amide bonds. The van der Waals surface area contributed by atoms with Crippen LogP contribution >= 0.6 is 0 Å². The second-order valence-corrected chi connectivity index (χ2v) is 6.25. The SMILES string of the molecule is N#CC1=CC=C(N2CCC(OCC3=CC=CCC3)CC2)CC1. The minimum absolute atomic E-state index is 0.400. The van der Waals surface area contributed by atoms with E-state index in [1.165, 1.54) is 11.3 Å². The zero-order valence-corrected chi connectivity index (χ0v) is 13.1. The van der Waals surface area contributed by atoms with Crippen molar-refractivity contribution in [1.29, 1.82) is 5.26 Å². The Hall–Kier alpha value is -1.79. The number of hydrogen-bond acceptors (Lipinski definition) is 3. The van der Waals surface area contributed by atoms with Crippen molar-refractivity contribution in [1.82, 2.24) is 4.90 Å². The smallest absolute Gasteiger partial charge is 0.0947 e. The lowest BCUT2D eigenvalue weighted by Gasteiger charge is -2.36. The van der Waals surface area contributed by atoms with Crippen LogP contribution in [-0.2, 0) is 4.74 Å². The quantitative estimate of drug-likeness (QED) is 0.790. The highest BCUT2D eigenvalue weighted by atomic mass is 16.5. The van der Waals surface area contributed by atoms with E-state index in [2.05, 4.69) is 35.3 Å². The molecule has 1 fully saturated rings. The van der Waals surface area contributed by atoms with Gasteiger partial charge in [-0.15, -0.1) is 0 Å². The van der Waals surface area contributed by atoms with Crippen LogP contribution in [0.25, 0.3) is 0 Å². The molecule has 0 aromatic heterocycles. The molecule has 22 heavy (non-hydrogen) atoms. The monoisotopic (exact) mass is 296 g/mol. The fraction of sp³-hybridized carbons (Fsp3) is 0.526. The van der Waals surface area contributed by atoms with Crippen molar-refractivity contribution in [3.05, 3.63) is 47.2 Å². The van der Waals surface area contributed by atoms with Gasteiger partial charge in [0.1, 0.15) is 0 Å². The summed E-state index contributed by atoms with van der Waals surface area (Å²) in [6.45, 7) is 2.95. The van der Waals surface area contributed by atoms with Crippen molar-refractivity contribution in [3.63, 3.8) is 0 Å². The topological polar surface area (TPSA) is 36.3 Å². The molecular weight excluding hydrogens is 272 g/mol. The van der Waals surface area contributed by atoms with E-state index in [1.54, 1.807) is 0 Å². The lowest BCUT2D eigenvalue weighted by Crippen LogP contribution is -2.37. The van der Waals surface area contributed by atoms with Crippen molar-refractivity contribution in [2.45, 2.75) is 44.6 Å². The molecule has 3 rings (SSSR count). The third-order valence-electron chi connectivity index (χ3n) is 4.72. The summed E-state index contributed by atoms with van der Waals surface area (Å²) >= 11 is 0. The first-order valence-electron chi connectivity index (χ1n) is 8.36. The summed E-state index contributed by atoms with van der Waals surface area (Å²) < 4.78 is 6.09. The van der Waals surface area contributed by atoms with Gasteiger partial charge in [0.25, 0.3) is 0 Å². The van der Waals surface area contributed by atoms with E-state index in [0.717, 1.165) is 63.8 Å². The van der Waals surface area contributed by atoms with E-state index in [0.29, 0.717) is 6.10 Å². The summed E-state index contributed by atoms with van der Waals surface area (Å²) in [6, 6.07) is 2.25. The van der Waals surface area contributed by atoms with Crippen molar-refractivity contribution in [2.24, 2.45) is 0 Å². The summed E-state index contributed by atoms with van der Waals surface area (Å²) in [7, 11) is 0. The van der Waals surface area contributed by atoms with Crippen LogP contribution in [0.2, 0.25) is 0 Å². The molecule has 0 radical (unpaired) electrons. The fourth-order valence-corrected chi connectivity index (χ4v) is 3.29. The first-order chi connectivity index (χ1) is 10.8. The van der Waals surface area contributed by atoms with Gasteiger partial charge in [0.15, 0.2) is 0 Å². The van der Waals surface area contributed by atoms with E-state index < -0.39 is 0 Å². The van der Waals surface area contributed by atoms with Gasteiger partial charge < -0.3 is 9.64 Å². The number of piperidine rings is 1. The maximum absolute atomic E-state index is 8.90. The summed E-state index contributed by atoms with van der Waals surface area (Å²) in [5.74, 6) is 0. The Morgan fingerprint density at radius 1 is 1.14 bits per heavy atom. The molecule has 1 saturated heterocycles. The third-order valence-corrected chi connectivity index (χ3v) is 4.72. The minimum Gasteiger partial charge on any atom is -0.375 e. The summed E-state index contributed by atoms with van der Waals surface area (Å²) in [5, 5.41) is 8.90. The predicted octanol–water partition coefficient (Wildman–Crippen LogP) is 3.87. The molecule has 0 unspecified atom stereocenters. The summed E-state index contributed by atoms with van der Waals surface area (Å²) in [5.41, 5.74) is 3.71. The molecular formula is C19H24N2O.